The predicted molar refractivity (Wildman–Crippen MR) is 114 cm³/mol. The number of rotatable bonds is 11. The predicted octanol–water partition coefficient (Wildman–Crippen LogP) is 3.59. The number of hydrogen-bond acceptors (Lipinski definition) is 7. The van der Waals surface area contributed by atoms with Crippen molar-refractivity contribution in [1.29, 1.82) is 5.26 Å². The molecule has 7 nitrogen and oxygen atoms in total. The van der Waals surface area contributed by atoms with Gasteiger partial charge in [-0.05, 0) is 36.4 Å². The van der Waals surface area contributed by atoms with Gasteiger partial charge in [0.25, 0.3) is 0 Å². The third-order valence-corrected chi connectivity index (χ3v) is 5.24. The Morgan fingerprint density at radius 1 is 1.19 bits per heavy atom. The number of ether oxygens (including phenoxy) is 2. The Morgan fingerprint density at radius 2 is 1.97 bits per heavy atom. The molecule has 0 radical (unpaired) electrons. The molecule has 1 N–H and O–H groups in total. The first-order valence-corrected chi connectivity index (χ1v) is 10.4. The SMILES string of the molecule is C=CCn1c(COc2ccccc2F)nnc1SCC(O)COc1ccc(C#N)cc1. The van der Waals surface area contributed by atoms with Gasteiger partial charge in [0.05, 0.1) is 17.7 Å². The highest BCUT2D eigenvalue weighted by Gasteiger charge is 2.15. The van der Waals surface area contributed by atoms with Gasteiger partial charge in [-0.15, -0.1) is 16.8 Å². The summed E-state index contributed by atoms with van der Waals surface area (Å²) in [5, 5.41) is 27.9. The molecule has 1 unspecified atom stereocenters. The summed E-state index contributed by atoms with van der Waals surface area (Å²) in [6.45, 7) is 4.34. The topological polar surface area (TPSA) is 93.2 Å². The fourth-order valence-corrected chi connectivity index (χ4v) is 3.46. The van der Waals surface area contributed by atoms with Crippen molar-refractivity contribution in [1.82, 2.24) is 14.8 Å². The van der Waals surface area contributed by atoms with Crippen LogP contribution in [0.2, 0.25) is 0 Å². The summed E-state index contributed by atoms with van der Waals surface area (Å²) in [5.41, 5.74) is 0.541. The number of allylic oxidation sites excluding steroid dienone is 1. The van der Waals surface area contributed by atoms with Gasteiger partial charge in [0.1, 0.15) is 19.0 Å². The van der Waals surface area contributed by atoms with E-state index >= 15 is 0 Å². The molecule has 2 aromatic carbocycles. The zero-order chi connectivity index (χ0) is 22.1. The van der Waals surface area contributed by atoms with Crippen LogP contribution < -0.4 is 9.47 Å². The van der Waals surface area contributed by atoms with E-state index in [1.54, 1.807) is 53.1 Å². The van der Waals surface area contributed by atoms with Gasteiger partial charge in [-0.2, -0.15) is 5.26 Å². The average molecular weight is 441 g/mol. The maximum absolute atomic E-state index is 13.7. The zero-order valence-corrected chi connectivity index (χ0v) is 17.5. The lowest BCUT2D eigenvalue weighted by Crippen LogP contribution is -2.20. The minimum atomic E-state index is -0.743. The van der Waals surface area contributed by atoms with Crippen LogP contribution in [0.25, 0.3) is 0 Å². The number of hydrogen-bond donors (Lipinski definition) is 1. The van der Waals surface area contributed by atoms with Crippen LogP contribution in [0.1, 0.15) is 11.4 Å². The molecule has 0 saturated carbocycles. The molecule has 9 heteroatoms. The summed E-state index contributed by atoms with van der Waals surface area (Å²) in [5.74, 6) is 1.12. The smallest absolute Gasteiger partial charge is 0.191 e. The second-order valence-electron chi connectivity index (χ2n) is 6.43. The van der Waals surface area contributed by atoms with Gasteiger partial charge >= 0.3 is 0 Å². The number of halogens is 1. The Morgan fingerprint density at radius 3 is 2.68 bits per heavy atom. The maximum atomic E-state index is 13.7. The number of aliphatic hydroxyl groups excluding tert-OH is 1. The first-order chi connectivity index (χ1) is 15.1. The molecule has 0 fully saturated rings. The Kier molecular flexibility index (Phi) is 8.04. The van der Waals surface area contributed by atoms with Gasteiger partial charge < -0.3 is 14.6 Å². The van der Waals surface area contributed by atoms with Crippen LogP contribution in [-0.4, -0.2) is 38.3 Å². The molecule has 3 aromatic rings. The van der Waals surface area contributed by atoms with Crippen molar-refractivity contribution in [2.75, 3.05) is 12.4 Å². The van der Waals surface area contributed by atoms with E-state index in [0.717, 1.165) is 0 Å². The third-order valence-electron chi connectivity index (χ3n) is 4.13. The van der Waals surface area contributed by atoms with E-state index in [9.17, 15) is 9.50 Å². The zero-order valence-electron chi connectivity index (χ0n) is 16.6. The van der Waals surface area contributed by atoms with Crippen molar-refractivity contribution >= 4 is 11.8 Å². The van der Waals surface area contributed by atoms with Crippen molar-refractivity contribution in [3.8, 4) is 17.6 Å². The van der Waals surface area contributed by atoms with Crippen molar-refractivity contribution in [3.63, 3.8) is 0 Å². The van der Waals surface area contributed by atoms with E-state index in [1.165, 1.54) is 17.8 Å². The van der Waals surface area contributed by atoms with Crippen molar-refractivity contribution in [2.45, 2.75) is 24.4 Å². The quantitative estimate of drug-likeness (QED) is 0.360. The first kappa shape index (κ1) is 22.3. The van der Waals surface area contributed by atoms with Crippen molar-refractivity contribution in [3.05, 3.63) is 78.4 Å². The number of para-hydroxylation sites is 1. The van der Waals surface area contributed by atoms with Gasteiger partial charge in [-0.25, -0.2) is 4.39 Å². The van der Waals surface area contributed by atoms with E-state index < -0.39 is 11.9 Å². The number of thioether (sulfide) groups is 1. The lowest BCUT2D eigenvalue weighted by atomic mass is 10.2. The molecule has 31 heavy (non-hydrogen) atoms. The average Bonchev–Trinajstić information content (AvgIpc) is 3.18. The van der Waals surface area contributed by atoms with Gasteiger partial charge in [0.2, 0.25) is 0 Å². The third kappa shape index (κ3) is 6.31. The highest BCUT2D eigenvalue weighted by Crippen LogP contribution is 2.21. The molecule has 0 amide bonds. The molecule has 0 bridgehead atoms. The normalized spacial score (nSPS) is 11.5. The molecule has 160 valence electrons. The minimum Gasteiger partial charge on any atom is -0.491 e. The lowest BCUT2D eigenvalue weighted by Gasteiger charge is -2.13. The number of aromatic nitrogens is 3. The van der Waals surface area contributed by atoms with Crippen LogP contribution in [0.4, 0.5) is 4.39 Å². The summed E-state index contributed by atoms with van der Waals surface area (Å²) in [7, 11) is 0. The Balaban J connectivity index is 1.54. The molecular weight excluding hydrogens is 419 g/mol. The molecular formula is C22H21FN4O3S. The molecule has 3 rings (SSSR count). The van der Waals surface area contributed by atoms with E-state index in [-0.39, 0.29) is 19.0 Å². The van der Waals surface area contributed by atoms with Gasteiger partial charge in [0, 0.05) is 12.3 Å². The number of nitriles is 1. The molecule has 0 aliphatic carbocycles. The first-order valence-electron chi connectivity index (χ1n) is 9.45. The van der Waals surface area contributed by atoms with E-state index in [2.05, 4.69) is 16.8 Å². The van der Waals surface area contributed by atoms with Gasteiger partial charge in [0.15, 0.2) is 22.5 Å². The van der Waals surface area contributed by atoms with Gasteiger partial charge in [-0.1, -0.05) is 30.0 Å². The lowest BCUT2D eigenvalue weighted by molar-refractivity contribution is 0.126. The van der Waals surface area contributed by atoms with E-state index in [1.807, 2.05) is 6.07 Å². The van der Waals surface area contributed by atoms with E-state index in [0.29, 0.717) is 34.6 Å². The number of benzene rings is 2. The van der Waals surface area contributed by atoms with Crippen LogP contribution in [-0.2, 0) is 13.2 Å². The van der Waals surface area contributed by atoms with Crippen LogP contribution in [0, 0.1) is 17.1 Å². The summed E-state index contributed by atoms with van der Waals surface area (Å²) >= 11 is 1.32. The monoisotopic (exact) mass is 440 g/mol. The van der Waals surface area contributed by atoms with Crippen LogP contribution in [0.5, 0.6) is 11.5 Å². The highest BCUT2D eigenvalue weighted by molar-refractivity contribution is 7.99. The fraction of sp³-hybridized carbons (Fsp3) is 0.227. The molecule has 0 aliphatic rings. The largest absolute Gasteiger partial charge is 0.491 e. The summed E-state index contributed by atoms with van der Waals surface area (Å²) in [6.07, 6.45) is 0.956. The molecule has 1 atom stereocenters. The Labute approximate surface area is 183 Å². The van der Waals surface area contributed by atoms with Crippen molar-refractivity contribution < 1.29 is 19.0 Å². The molecule has 1 heterocycles. The number of nitrogens with zero attached hydrogens (tertiary/aromatic N) is 4. The Hall–Kier alpha value is -3.35. The van der Waals surface area contributed by atoms with Crippen LogP contribution >= 0.6 is 11.8 Å². The van der Waals surface area contributed by atoms with Crippen LogP contribution in [0.15, 0.2) is 66.3 Å². The second-order valence-corrected chi connectivity index (χ2v) is 7.42. The summed E-state index contributed by atoms with van der Waals surface area (Å²) in [4.78, 5) is 0. The summed E-state index contributed by atoms with van der Waals surface area (Å²) < 4.78 is 26.6. The summed E-state index contributed by atoms with van der Waals surface area (Å²) in [6, 6.07) is 14.9. The maximum Gasteiger partial charge on any atom is 0.191 e. The van der Waals surface area contributed by atoms with Crippen LogP contribution in [0.3, 0.4) is 0 Å². The molecule has 0 spiro atoms. The number of aliphatic hydroxyl groups is 1. The fourth-order valence-electron chi connectivity index (χ4n) is 2.59. The highest BCUT2D eigenvalue weighted by atomic mass is 32.2. The Bertz CT molecular complexity index is 1050. The molecule has 0 saturated heterocycles. The van der Waals surface area contributed by atoms with Gasteiger partial charge in [-0.3, -0.25) is 4.57 Å². The molecule has 1 aromatic heterocycles. The molecule has 0 aliphatic heterocycles. The minimum absolute atomic E-state index is 0.0483. The second kappa shape index (κ2) is 11.2. The standard InChI is InChI=1S/C22H21FN4O3S/c1-2-11-27-21(14-30-20-6-4-3-5-19(20)23)25-26-22(27)31-15-17(28)13-29-18-9-7-16(12-24)8-10-18/h2-10,17,28H,1,11,13-15H2. The van der Waals surface area contributed by atoms with E-state index in [4.69, 9.17) is 14.7 Å². The van der Waals surface area contributed by atoms with Crippen molar-refractivity contribution in [2.24, 2.45) is 0 Å².